The Bertz CT molecular complexity index is 508. The summed E-state index contributed by atoms with van der Waals surface area (Å²) in [6.45, 7) is 2.41. The first-order chi connectivity index (χ1) is 11.2. The van der Waals surface area contributed by atoms with Gasteiger partial charge in [-0.15, -0.1) is 0 Å². The molecule has 1 saturated heterocycles. The summed E-state index contributed by atoms with van der Waals surface area (Å²) in [4.78, 5) is 26.0. The Morgan fingerprint density at radius 2 is 1.65 bits per heavy atom. The Labute approximate surface area is 138 Å². The van der Waals surface area contributed by atoms with E-state index in [4.69, 9.17) is 5.73 Å². The molecule has 126 valence electrons. The standard InChI is InChI=1S/C18H27N3O2/c19-12-4-2-1-3-7-17(22)20-16-10-8-15(9-11-16)18(23)21-13-5-6-14-21/h8-11H,1-7,12-14,19H2,(H,20,22). The van der Waals surface area contributed by atoms with Crippen LogP contribution in [0.25, 0.3) is 0 Å². The fourth-order valence-electron chi connectivity index (χ4n) is 2.81. The summed E-state index contributed by atoms with van der Waals surface area (Å²) in [7, 11) is 0. The number of amides is 2. The van der Waals surface area contributed by atoms with E-state index in [0.717, 1.165) is 57.3 Å². The van der Waals surface area contributed by atoms with Crippen molar-refractivity contribution in [2.75, 3.05) is 25.0 Å². The number of carbonyl (C=O) groups is 2. The van der Waals surface area contributed by atoms with Crippen molar-refractivity contribution >= 4 is 17.5 Å². The lowest BCUT2D eigenvalue weighted by Gasteiger charge is -2.15. The van der Waals surface area contributed by atoms with E-state index in [-0.39, 0.29) is 11.8 Å². The zero-order valence-corrected chi connectivity index (χ0v) is 13.7. The van der Waals surface area contributed by atoms with Crippen LogP contribution in [0.4, 0.5) is 5.69 Å². The Morgan fingerprint density at radius 3 is 2.30 bits per heavy atom. The average molecular weight is 317 g/mol. The summed E-state index contributed by atoms with van der Waals surface area (Å²) in [6, 6.07) is 7.18. The van der Waals surface area contributed by atoms with Gasteiger partial charge in [0.05, 0.1) is 0 Å². The van der Waals surface area contributed by atoms with Crippen molar-refractivity contribution in [1.82, 2.24) is 4.90 Å². The number of nitrogens with one attached hydrogen (secondary N) is 1. The molecule has 1 aromatic carbocycles. The van der Waals surface area contributed by atoms with Crippen molar-refractivity contribution in [3.63, 3.8) is 0 Å². The second-order valence-electron chi connectivity index (χ2n) is 6.08. The van der Waals surface area contributed by atoms with Crippen LogP contribution in [0.3, 0.4) is 0 Å². The van der Waals surface area contributed by atoms with Crippen LogP contribution in [0.15, 0.2) is 24.3 Å². The molecule has 0 spiro atoms. The molecule has 0 radical (unpaired) electrons. The van der Waals surface area contributed by atoms with Crippen LogP contribution in [0, 0.1) is 0 Å². The van der Waals surface area contributed by atoms with Crippen molar-refractivity contribution < 1.29 is 9.59 Å². The normalized spacial score (nSPS) is 14.0. The number of carbonyl (C=O) groups excluding carboxylic acids is 2. The fourth-order valence-corrected chi connectivity index (χ4v) is 2.81. The average Bonchev–Trinajstić information content (AvgIpc) is 3.09. The molecule has 1 fully saturated rings. The third kappa shape index (κ3) is 5.67. The zero-order valence-electron chi connectivity index (χ0n) is 13.7. The predicted molar refractivity (Wildman–Crippen MR) is 92.3 cm³/mol. The van der Waals surface area contributed by atoms with Crippen molar-refractivity contribution in [2.45, 2.75) is 44.9 Å². The van der Waals surface area contributed by atoms with Gasteiger partial charge in [0.2, 0.25) is 5.91 Å². The number of nitrogens with zero attached hydrogens (tertiary/aromatic N) is 1. The molecule has 1 aliphatic heterocycles. The summed E-state index contributed by atoms with van der Waals surface area (Å²) >= 11 is 0. The van der Waals surface area contributed by atoms with Crippen molar-refractivity contribution in [2.24, 2.45) is 5.73 Å². The summed E-state index contributed by atoms with van der Waals surface area (Å²) in [5, 5.41) is 2.88. The number of benzene rings is 1. The molecule has 1 aliphatic rings. The monoisotopic (exact) mass is 317 g/mol. The Hall–Kier alpha value is -1.88. The van der Waals surface area contributed by atoms with Crippen LogP contribution in [0.2, 0.25) is 0 Å². The van der Waals surface area contributed by atoms with Crippen LogP contribution in [0.5, 0.6) is 0 Å². The SMILES string of the molecule is NCCCCCCC(=O)Nc1ccc(C(=O)N2CCCC2)cc1. The van der Waals surface area contributed by atoms with E-state index in [0.29, 0.717) is 18.5 Å². The summed E-state index contributed by atoms with van der Waals surface area (Å²) < 4.78 is 0. The molecule has 5 heteroatoms. The molecule has 23 heavy (non-hydrogen) atoms. The lowest BCUT2D eigenvalue weighted by molar-refractivity contribution is -0.116. The van der Waals surface area contributed by atoms with Gasteiger partial charge in [0.15, 0.2) is 0 Å². The molecule has 2 amide bonds. The topological polar surface area (TPSA) is 75.4 Å². The lowest BCUT2D eigenvalue weighted by atomic mass is 10.1. The smallest absolute Gasteiger partial charge is 0.253 e. The highest BCUT2D eigenvalue weighted by Gasteiger charge is 2.19. The molecular formula is C18H27N3O2. The summed E-state index contributed by atoms with van der Waals surface area (Å²) in [6.07, 6.45) is 6.73. The maximum absolute atomic E-state index is 12.2. The van der Waals surface area contributed by atoms with E-state index >= 15 is 0 Å². The van der Waals surface area contributed by atoms with Crippen LogP contribution >= 0.6 is 0 Å². The molecule has 3 N–H and O–H groups in total. The van der Waals surface area contributed by atoms with E-state index in [9.17, 15) is 9.59 Å². The third-order valence-electron chi connectivity index (χ3n) is 4.17. The fraction of sp³-hybridized carbons (Fsp3) is 0.556. The van der Waals surface area contributed by atoms with E-state index in [1.54, 1.807) is 24.3 Å². The van der Waals surface area contributed by atoms with Crippen LogP contribution in [-0.2, 0) is 4.79 Å². The number of hydrogen-bond donors (Lipinski definition) is 2. The molecule has 0 bridgehead atoms. The Kier molecular flexibility index (Phi) is 7.07. The Morgan fingerprint density at radius 1 is 1.00 bits per heavy atom. The summed E-state index contributed by atoms with van der Waals surface area (Å²) in [5.74, 6) is 0.108. The summed E-state index contributed by atoms with van der Waals surface area (Å²) in [5.41, 5.74) is 6.87. The molecule has 0 unspecified atom stereocenters. The maximum atomic E-state index is 12.2. The molecule has 1 heterocycles. The van der Waals surface area contributed by atoms with Gasteiger partial charge in [-0.05, 0) is 56.5 Å². The minimum Gasteiger partial charge on any atom is -0.339 e. The highest BCUT2D eigenvalue weighted by Crippen LogP contribution is 2.16. The minimum absolute atomic E-state index is 0.0244. The third-order valence-corrected chi connectivity index (χ3v) is 4.17. The first kappa shape index (κ1) is 17.5. The minimum atomic E-state index is 0.0244. The van der Waals surface area contributed by atoms with Crippen LogP contribution in [-0.4, -0.2) is 36.3 Å². The van der Waals surface area contributed by atoms with Gasteiger partial charge < -0.3 is 16.0 Å². The van der Waals surface area contributed by atoms with Crippen LogP contribution in [0.1, 0.15) is 55.3 Å². The highest BCUT2D eigenvalue weighted by atomic mass is 16.2. The van der Waals surface area contributed by atoms with Gasteiger partial charge >= 0.3 is 0 Å². The van der Waals surface area contributed by atoms with Gasteiger partial charge in [0, 0.05) is 30.8 Å². The van der Waals surface area contributed by atoms with Gasteiger partial charge in [-0.3, -0.25) is 9.59 Å². The predicted octanol–water partition coefficient (Wildman–Crippen LogP) is 2.77. The van der Waals surface area contributed by atoms with Crippen molar-refractivity contribution in [3.05, 3.63) is 29.8 Å². The number of hydrogen-bond acceptors (Lipinski definition) is 3. The first-order valence-electron chi connectivity index (χ1n) is 8.60. The largest absolute Gasteiger partial charge is 0.339 e. The van der Waals surface area contributed by atoms with E-state index in [2.05, 4.69) is 5.32 Å². The second-order valence-corrected chi connectivity index (χ2v) is 6.08. The number of rotatable bonds is 8. The van der Waals surface area contributed by atoms with Gasteiger partial charge in [-0.25, -0.2) is 0 Å². The van der Waals surface area contributed by atoms with Gasteiger partial charge in [0.25, 0.3) is 5.91 Å². The van der Waals surface area contributed by atoms with Crippen molar-refractivity contribution in [1.29, 1.82) is 0 Å². The van der Waals surface area contributed by atoms with Crippen LogP contribution < -0.4 is 11.1 Å². The molecule has 5 nitrogen and oxygen atoms in total. The number of unbranched alkanes of at least 4 members (excludes halogenated alkanes) is 3. The molecule has 2 rings (SSSR count). The molecule has 0 aromatic heterocycles. The quantitative estimate of drug-likeness (QED) is 0.724. The van der Waals surface area contributed by atoms with Gasteiger partial charge in [-0.1, -0.05) is 12.8 Å². The molecule has 0 saturated carbocycles. The highest BCUT2D eigenvalue weighted by molar-refractivity contribution is 5.95. The Balaban J connectivity index is 1.75. The molecule has 0 aliphatic carbocycles. The van der Waals surface area contributed by atoms with Gasteiger partial charge in [-0.2, -0.15) is 0 Å². The number of likely N-dealkylation sites (tertiary alicyclic amines) is 1. The molecular weight excluding hydrogens is 290 g/mol. The lowest BCUT2D eigenvalue weighted by Crippen LogP contribution is -2.27. The maximum Gasteiger partial charge on any atom is 0.253 e. The molecule has 0 atom stereocenters. The van der Waals surface area contributed by atoms with Gasteiger partial charge in [0.1, 0.15) is 0 Å². The van der Waals surface area contributed by atoms with E-state index < -0.39 is 0 Å². The van der Waals surface area contributed by atoms with E-state index in [1.807, 2.05) is 4.90 Å². The number of nitrogens with two attached hydrogens (primary N) is 1. The second kappa shape index (κ2) is 9.30. The van der Waals surface area contributed by atoms with E-state index in [1.165, 1.54) is 0 Å². The number of anilines is 1. The molecule has 1 aromatic rings. The van der Waals surface area contributed by atoms with Crippen molar-refractivity contribution in [3.8, 4) is 0 Å². The zero-order chi connectivity index (χ0) is 16.5. The first-order valence-corrected chi connectivity index (χ1v) is 8.60.